The molecule has 0 radical (unpaired) electrons. The largest absolute Gasteiger partial charge is 0.481 e. The highest BCUT2D eigenvalue weighted by molar-refractivity contribution is 6.31. The Morgan fingerprint density at radius 3 is 2.70 bits per heavy atom. The first-order chi connectivity index (χ1) is 17.7. The summed E-state index contributed by atoms with van der Waals surface area (Å²) in [6.07, 6.45) is 2.21. The molecule has 1 unspecified atom stereocenters. The minimum Gasteiger partial charge on any atom is -0.481 e. The SMILES string of the molecule is COc1cc(C(C)C(=O)N2C[C@@H](Nc3ccc(-c4nccc(C(F)F)n4)c(C)n3)C3(CC3)C2)c(Cl)cn1. The van der Waals surface area contributed by atoms with Crippen molar-refractivity contribution in [3.05, 3.63) is 58.6 Å². The van der Waals surface area contributed by atoms with E-state index in [0.29, 0.717) is 46.6 Å². The van der Waals surface area contributed by atoms with Gasteiger partial charge in [0, 0.05) is 42.5 Å². The number of likely N-dealkylation sites (tertiary alicyclic amines) is 1. The van der Waals surface area contributed by atoms with E-state index in [2.05, 4.69) is 25.3 Å². The van der Waals surface area contributed by atoms with Gasteiger partial charge in [-0.1, -0.05) is 11.6 Å². The van der Waals surface area contributed by atoms with E-state index >= 15 is 0 Å². The van der Waals surface area contributed by atoms with Gasteiger partial charge in [-0.3, -0.25) is 4.79 Å². The fourth-order valence-electron chi connectivity index (χ4n) is 4.97. The van der Waals surface area contributed by atoms with Crippen LogP contribution in [0.15, 0.2) is 36.7 Å². The number of ether oxygens (including phenoxy) is 1. The number of amides is 1. The van der Waals surface area contributed by atoms with Crippen LogP contribution in [0.2, 0.25) is 5.02 Å². The number of rotatable bonds is 7. The second-order valence-electron chi connectivity index (χ2n) is 9.68. The number of hydrogen-bond donors (Lipinski definition) is 1. The van der Waals surface area contributed by atoms with E-state index < -0.39 is 12.3 Å². The zero-order valence-corrected chi connectivity index (χ0v) is 21.5. The molecule has 5 rings (SSSR count). The number of aromatic nitrogens is 4. The van der Waals surface area contributed by atoms with Crippen molar-refractivity contribution < 1.29 is 18.3 Å². The van der Waals surface area contributed by atoms with Gasteiger partial charge in [0.25, 0.3) is 6.43 Å². The lowest BCUT2D eigenvalue weighted by Gasteiger charge is -2.22. The number of anilines is 1. The topological polar surface area (TPSA) is 93.1 Å². The van der Waals surface area contributed by atoms with E-state index in [4.69, 9.17) is 16.3 Å². The number of carbonyl (C=O) groups excluding carboxylic acids is 1. The fourth-order valence-corrected chi connectivity index (χ4v) is 5.23. The van der Waals surface area contributed by atoms with Crippen LogP contribution in [0.1, 0.15) is 49.1 Å². The molecule has 4 heterocycles. The Morgan fingerprint density at radius 1 is 1.24 bits per heavy atom. The van der Waals surface area contributed by atoms with Crippen LogP contribution < -0.4 is 10.1 Å². The van der Waals surface area contributed by atoms with Crippen LogP contribution in [-0.4, -0.2) is 57.0 Å². The minimum atomic E-state index is -2.67. The number of nitrogens with zero attached hydrogens (tertiary/aromatic N) is 5. The molecule has 1 spiro atoms. The first kappa shape index (κ1) is 25.3. The van der Waals surface area contributed by atoms with Crippen molar-refractivity contribution in [2.75, 3.05) is 25.5 Å². The molecular weight excluding hydrogens is 502 g/mol. The summed E-state index contributed by atoms with van der Waals surface area (Å²) in [6, 6.07) is 6.54. The number of methoxy groups -OCH3 is 1. The number of aryl methyl sites for hydroxylation is 1. The minimum absolute atomic E-state index is 0.00118. The lowest BCUT2D eigenvalue weighted by atomic mass is 10.0. The predicted octanol–water partition coefficient (Wildman–Crippen LogP) is 5.05. The molecule has 11 heteroatoms. The van der Waals surface area contributed by atoms with Gasteiger partial charge in [0.1, 0.15) is 11.5 Å². The van der Waals surface area contributed by atoms with Crippen molar-refractivity contribution in [3.63, 3.8) is 0 Å². The Hall–Kier alpha value is -3.40. The highest BCUT2D eigenvalue weighted by Crippen LogP contribution is 2.54. The molecule has 1 aliphatic carbocycles. The van der Waals surface area contributed by atoms with Crippen LogP contribution in [0.25, 0.3) is 11.4 Å². The Kier molecular flexibility index (Phi) is 6.70. The number of halogens is 3. The van der Waals surface area contributed by atoms with Crippen molar-refractivity contribution in [2.45, 2.75) is 45.1 Å². The third-order valence-electron chi connectivity index (χ3n) is 7.31. The van der Waals surface area contributed by atoms with Gasteiger partial charge in [-0.15, -0.1) is 0 Å². The van der Waals surface area contributed by atoms with Gasteiger partial charge in [-0.05, 0) is 50.5 Å². The van der Waals surface area contributed by atoms with E-state index in [1.165, 1.54) is 25.6 Å². The third-order valence-corrected chi connectivity index (χ3v) is 7.62. The van der Waals surface area contributed by atoms with E-state index in [9.17, 15) is 13.6 Å². The maximum Gasteiger partial charge on any atom is 0.280 e. The first-order valence-electron chi connectivity index (χ1n) is 12.0. The van der Waals surface area contributed by atoms with E-state index in [-0.39, 0.29) is 28.9 Å². The maximum absolute atomic E-state index is 13.4. The molecule has 194 valence electrons. The molecule has 0 aromatic carbocycles. The maximum atomic E-state index is 13.4. The monoisotopic (exact) mass is 528 g/mol. The molecule has 3 aromatic heterocycles. The predicted molar refractivity (Wildman–Crippen MR) is 135 cm³/mol. The molecule has 1 saturated heterocycles. The van der Waals surface area contributed by atoms with Crippen LogP contribution in [-0.2, 0) is 4.79 Å². The number of alkyl halides is 2. The van der Waals surface area contributed by atoms with E-state index in [1.807, 2.05) is 11.8 Å². The Balaban J connectivity index is 1.31. The highest BCUT2D eigenvalue weighted by Gasteiger charge is 2.56. The molecule has 3 aromatic rings. The summed E-state index contributed by atoms with van der Waals surface area (Å²) in [4.78, 5) is 32.2. The van der Waals surface area contributed by atoms with Crippen LogP contribution in [0.3, 0.4) is 0 Å². The second-order valence-corrected chi connectivity index (χ2v) is 10.1. The molecule has 1 N–H and O–H groups in total. The summed E-state index contributed by atoms with van der Waals surface area (Å²) in [7, 11) is 1.52. The van der Waals surface area contributed by atoms with Crippen molar-refractivity contribution in [3.8, 4) is 17.3 Å². The summed E-state index contributed by atoms with van der Waals surface area (Å²) in [5.41, 5.74) is 1.60. The fraction of sp³-hybridized carbons (Fsp3) is 0.423. The highest BCUT2D eigenvalue weighted by atomic mass is 35.5. The van der Waals surface area contributed by atoms with Gasteiger partial charge < -0.3 is 15.0 Å². The number of carbonyl (C=O) groups is 1. The molecule has 37 heavy (non-hydrogen) atoms. The standard InChI is InChI=1S/C26H27ClF2N6O2/c1-14(17-10-22(37-3)31-11-18(17)27)25(36)35-12-20(26(13-35)7-8-26)34-21-5-4-16(15(2)32-21)24-30-9-6-19(33-24)23(28)29/h4-6,9-11,14,20,23H,7-8,12-13H2,1-3H3,(H,32,34)/t14?,20-/m1/s1. The Bertz CT molecular complexity index is 1340. The molecule has 2 aliphatic rings. The van der Waals surface area contributed by atoms with Gasteiger partial charge in [-0.25, -0.2) is 28.7 Å². The van der Waals surface area contributed by atoms with Gasteiger partial charge in [0.15, 0.2) is 5.82 Å². The van der Waals surface area contributed by atoms with Gasteiger partial charge in [-0.2, -0.15) is 0 Å². The molecule has 2 fully saturated rings. The average Bonchev–Trinajstić information content (AvgIpc) is 3.59. The van der Waals surface area contributed by atoms with Crippen molar-refractivity contribution >= 4 is 23.3 Å². The first-order valence-corrected chi connectivity index (χ1v) is 12.4. The molecule has 1 saturated carbocycles. The smallest absolute Gasteiger partial charge is 0.280 e. The van der Waals surface area contributed by atoms with Crippen LogP contribution in [0.5, 0.6) is 5.88 Å². The van der Waals surface area contributed by atoms with Crippen molar-refractivity contribution in [1.82, 2.24) is 24.8 Å². The number of hydrogen-bond acceptors (Lipinski definition) is 7. The summed E-state index contributed by atoms with van der Waals surface area (Å²) in [6.45, 7) is 4.85. The lowest BCUT2D eigenvalue weighted by Crippen LogP contribution is -2.34. The van der Waals surface area contributed by atoms with Crippen LogP contribution in [0.4, 0.5) is 14.6 Å². The summed E-state index contributed by atoms with van der Waals surface area (Å²) >= 11 is 6.34. The lowest BCUT2D eigenvalue weighted by molar-refractivity contribution is -0.131. The van der Waals surface area contributed by atoms with Crippen LogP contribution in [0, 0.1) is 12.3 Å². The third kappa shape index (κ3) is 4.94. The normalized spacial score (nSPS) is 18.8. The number of pyridine rings is 2. The molecule has 0 bridgehead atoms. The molecule has 1 aliphatic heterocycles. The second kappa shape index (κ2) is 9.81. The Morgan fingerprint density at radius 2 is 2.03 bits per heavy atom. The van der Waals surface area contributed by atoms with E-state index in [1.54, 1.807) is 25.1 Å². The van der Waals surface area contributed by atoms with Gasteiger partial charge in [0.2, 0.25) is 11.8 Å². The Labute approximate surface area is 218 Å². The zero-order chi connectivity index (χ0) is 26.3. The van der Waals surface area contributed by atoms with Crippen molar-refractivity contribution in [2.24, 2.45) is 5.41 Å². The molecule has 1 amide bonds. The summed E-state index contributed by atoms with van der Waals surface area (Å²) < 4.78 is 31.3. The number of nitrogens with one attached hydrogen (secondary N) is 1. The average molecular weight is 529 g/mol. The van der Waals surface area contributed by atoms with Gasteiger partial charge in [0.05, 0.1) is 29.8 Å². The quantitative estimate of drug-likeness (QED) is 0.459. The van der Waals surface area contributed by atoms with E-state index in [0.717, 1.165) is 12.8 Å². The molecular formula is C26H27ClF2N6O2. The molecule has 2 atom stereocenters. The van der Waals surface area contributed by atoms with Crippen LogP contribution >= 0.6 is 11.6 Å². The summed E-state index contributed by atoms with van der Waals surface area (Å²) in [5, 5.41) is 3.94. The van der Waals surface area contributed by atoms with Crippen molar-refractivity contribution in [1.29, 1.82) is 0 Å². The zero-order valence-electron chi connectivity index (χ0n) is 20.7. The summed E-state index contributed by atoms with van der Waals surface area (Å²) in [5.74, 6) is 0.844. The molecule has 8 nitrogen and oxygen atoms in total. The van der Waals surface area contributed by atoms with Gasteiger partial charge >= 0.3 is 0 Å².